The predicted octanol–water partition coefficient (Wildman–Crippen LogP) is 2.73. The monoisotopic (exact) mass is 347 g/mol. The number of hydrogen-bond donors (Lipinski definition) is 2. The van der Waals surface area contributed by atoms with Gasteiger partial charge in [-0.2, -0.15) is 5.10 Å². The zero-order chi connectivity index (χ0) is 14.2. The average molecular weight is 348 g/mol. The first kappa shape index (κ1) is 14.0. The summed E-state index contributed by atoms with van der Waals surface area (Å²) in [5, 5.41) is 6.40. The molecule has 8 heteroatoms. The maximum absolute atomic E-state index is 13.6. The lowest BCUT2D eigenvalue weighted by molar-refractivity contribution is 0.597. The first-order valence-electron chi connectivity index (χ1n) is 5.31. The zero-order valence-electron chi connectivity index (χ0n) is 10.2. The van der Waals surface area contributed by atoms with Crippen LogP contribution in [0.15, 0.2) is 27.6 Å². The summed E-state index contributed by atoms with van der Waals surface area (Å²) in [5.41, 5.74) is 0.609. The Morgan fingerprint density at radius 3 is 2.58 bits per heavy atom. The largest absolute Gasteiger partial charge is 0.281 e. The van der Waals surface area contributed by atoms with Crippen LogP contribution in [0.3, 0.4) is 0 Å². The molecular weight excluding hydrogens is 337 g/mol. The minimum atomic E-state index is -3.89. The minimum Gasteiger partial charge on any atom is -0.281 e. The van der Waals surface area contributed by atoms with Crippen molar-refractivity contribution in [2.75, 3.05) is 4.72 Å². The molecule has 2 aromatic rings. The molecule has 2 rings (SSSR count). The quantitative estimate of drug-likeness (QED) is 0.896. The molecule has 5 nitrogen and oxygen atoms in total. The van der Waals surface area contributed by atoms with Crippen LogP contribution in [-0.4, -0.2) is 18.6 Å². The van der Waals surface area contributed by atoms with Crippen molar-refractivity contribution >= 4 is 31.6 Å². The van der Waals surface area contributed by atoms with E-state index in [-0.39, 0.29) is 10.6 Å². The lowest BCUT2D eigenvalue weighted by Gasteiger charge is -2.10. The lowest BCUT2D eigenvalue weighted by atomic mass is 10.3. The Labute approximate surface area is 118 Å². The molecule has 0 unspecified atom stereocenters. The lowest BCUT2D eigenvalue weighted by Crippen LogP contribution is -2.16. The molecule has 0 amide bonds. The van der Waals surface area contributed by atoms with E-state index in [0.717, 1.165) is 0 Å². The van der Waals surface area contributed by atoms with Crippen molar-refractivity contribution in [3.05, 3.63) is 39.9 Å². The van der Waals surface area contributed by atoms with Gasteiger partial charge in [-0.3, -0.25) is 9.82 Å². The Morgan fingerprint density at radius 1 is 1.37 bits per heavy atom. The van der Waals surface area contributed by atoms with Gasteiger partial charge in [0.05, 0.1) is 17.1 Å². The van der Waals surface area contributed by atoms with E-state index in [1.807, 2.05) is 0 Å². The molecule has 0 aliphatic rings. The summed E-state index contributed by atoms with van der Waals surface area (Å²) in [6, 6.07) is 4.21. The van der Waals surface area contributed by atoms with Crippen molar-refractivity contribution in [2.24, 2.45) is 0 Å². The third-order valence-electron chi connectivity index (χ3n) is 2.53. The Morgan fingerprint density at radius 2 is 2.05 bits per heavy atom. The van der Waals surface area contributed by atoms with E-state index in [1.165, 1.54) is 12.1 Å². The summed E-state index contributed by atoms with van der Waals surface area (Å²) in [4.78, 5) is 0.0302. The number of nitrogens with one attached hydrogen (secondary N) is 2. The summed E-state index contributed by atoms with van der Waals surface area (Å²) < 4.78 is 40.7. The molecule has 0 aliphatic carbocycles. The number of aryl methyl sites for hydroxylation is 2. The van der Waals surface area contributed by atoms with Gasteiger partial charge in [0.2, 0.25) is 0 Å². The second kappa shape index (κ2) is 4.93. The van der Waals surface area contributed by atoms with Gasteiger partial charge in [-0.15, -0.1) is 0 Å². The number of hydrogen-bond acceptors (Lipinski definition) is 3. The van der Waals surface area contributed by atoms with Gasteiger partial charge in [0.25, 0.3) is 10.0 Å². The van der Waals surface area contributed by atoms with Gasteiger partial charge in [0.1, 0.15) is 10.7 Å². The Bertz CT molecular complexity index is 688. The van der Waals surface area contributed by atoms with E-state index < -0.39 is 15.8 Å². The highest BCUT2D eigenvalue weighted by molar-refractivity contribution is 9.10. The molecule has 19 heavy (non-hydrogen) atoms. The molecule has 1 aromatic heterocycles. The maximum atomic E-state index is 13.6. The van der Waals surface area contributed by atoms with Crippen LogP contribution in [0.1, 0.15) is 11.4 Å². The van der Waals surface area contributed by atoms with Crippen LogP contribution in [-0.2, 0) is 10.0 Å². The number of halogens is 2. The third-order valence-corrected chi connectivity index (χ3v) is 4.80. The molecule has 0 fully saturated rings. The number of sulfonamides is 1. The molecule has 0 bridgehead atoms. The van der Waals surface area contributed by atoms with Gasteiger partial charge < -0.3 is 0 Å². The minimum absolute atomic E-state index is 0.0302. The number of para-hydroxylation sites is 1. The van der Waals surface area contributed by atoms with Crippen molar-refractivity contribution in [3.63, 3.8) is 0 Å². The molecule has 2 N–H and O–H groups in total. The maximum Gasteiger partial charge on any atom is 0.265 e. The third kappa shape index (κ3) is 2.64. The summed E-state index contributed by atoms with van der Waals surface area (Å²) in [6.07, 6.45) is 0. The molecule has 0 saturated carbocycles. The molecule has 1 aromatic carbocycles. The number of rotatable bonds is 3. The van der Waals surface area contributed by atoms with Crippen LogP contribution >= 0.6 is 15.9 Å². The molecular formula is C11H11BrFN3O2S. The first-order chi connectivity index (χ1) is 8.83. The van der Waals surface area contributed by atoms with Gasteiger partial charge in [0.15, 0.2) is 0 Å². The topological polar surface area (TPSA) is 74.8 Å². The number of H-pyrrole nitrogens is 1. The van der Waals surface area contributed by atoms with E-state index in [0.29, 0.717) is 15.9 Å². The summed E-state index contributed by atoms with van der Waals surface area (Å²) in [6.45, 7) is 3.15. The standard InChI is InChI=1S/C11H11BrFN3O2S/c1-6-11(7(2)15-14-6)19(17,18)16-10-8(12)4-3-5-9(10)13/h3-5,16H,1-2H3,(H,14,15). The van der Waals surface area contributed by atoms with Crippen molar-refractivity contribution in [1.29, 1.82) is 0 Å². The van der Waals surface area contributed by atoms with Crippen LogP contribution in [0.5, 0.6) is 0 Å². The van der Waals surface area contributed by atoms with Gasteiger partial charge in [-0.1, -0.05) is 6.07 Å². The number of anilines is 1. The van der Waals surface area contributed by atoms with Crippen LogP contribution in [0.25, 0.3) is 0 Å². The number of benzene rings is 1. The van der Waals surface area contributed by atoms with E-state index in [4.69, 9.17) is 0 Å². The Balaban J connectivity index is 2.49. The van der Waals surface area contributed by atoms with Crippen LogP contribution in [0.2, 0.25) is 0 Å². The van der Waals surface area contributed by atoms with Crippen LogP contribution < -0.4 is 4.72 Å². The molecule has 0 atom stereocenters. The first-order valence-corrected chi connectivity index (χ1v) is 7.59. The smallest absolute Gasteiger partial charge is 0.265 e. The fourth-order valence-corrected chi connectivity index (χ4v) is 3.75. The second-order valence-corrected chi connectivity index (χ2v) is 6.44. The van der Waals surface area contributed by atoms with E-state index >= 15 is 0 Å². The highest BCUT2D eigenvalue weighted by atomic mass is 79.9. The van der Waals surface area contributed by atoms with Crippen molar-refractivity contribution in [1.82, 2.24) is 10.2 Å². The Kier molecular flexibility index (Phi) is 3.64. The highest BCUT2D eigenvalue weighted by Gasteiger charge is 2.24. The molecule has 0 spiro atoms. The summed E-state index contributed by atoms with van der Waals surface area (Å²) in [7, 11) is -3.89. The average Bonchev–Trinajstić information content (AvgIpc) is 2.64. The fourth-order valence-electron chi connectivity index (χ4n) is 1.72. The molecule has 1 heterocycles. The van der Waals surface area contributed by atoms with E-state index in [1.54, 1.807) is 19.9 Å². The number of nitrogens with zero attached hydrogens (tertiary/aromatic N) is 1. The van der Waals surface area contributed by atoms with Crippen LogP contribution in [0.4, 0.5) is 10.1 Å². The highest BCUT2D eigenvalue weighted by Crippen LogP contribution is 2.28. The molecule has 0 aliphatic heterocycles. The molecule has 0 radical (unpaired) electrons. The fraction of sp³-hybridized carbons (Fsp3) is 0.182. The normalized spacial score (nSPS) is 11.6. The molecule has 0 saturated heterocycles. The van der Waals surface area contributed by atoms with Gasteiger partial charge >= 0.3 is 0 Å². The van der Waals surface area contributed by atoms with Crippen LogP contribution in [0, 0.1) is 19.7 Å². The SMILES string of the molecule is Cc1n[nH]c(C)c1S(=O)(=O)Nc1c(F)cccc1Br. The van der Waals surface area contributed by atoms with Gasteiger partial charge in [-0.05, 0) is 41.9 Å². The summed E-state index contributed by atoms with van der Waals surface area (Å²) in [5.74, 6) is -0.656. The second-order valence-electron chi connectivity index (χ2n) is 3.97. The zero-order valence-corrected chi connectivity index (χ0v) is 12.6. The molecule has 102 valence electrons. The number of aromatic nitrogens is 2. The van der Waals surface area contributed by atoms with E-state index in [9.17, 15) is 12.8 Å². The van der Waals surface area contributed by atoms with Crippen molar-refractivity contribution < 1.29 is 12.8 Å². The predicted molar refractivity (Wildman–Crippen MR) is 73.0 cm³/mol. The van der Waals surface area contributed by atoms with Gasteiger partial charge in [-0.25, -0.2) is 12.8 Å². The van der Waals surface area contributed by atoms with Gasteiger partial charge in [0, 0.05) is 4.47 Å². The Hall–Kier alpha value is -1.41. The summed E-state index contributed by atoms with van der Waals surface area (Å²) >= 11 is 3.11. The van der Waals surface area contributed by atoms with Crippen molar-refractivity contribution in [2.45, 2.75) is 18.7 Å². The van der Waals surface area contributed by atoms with Crippen molar-refractivity contribution in [3.8, 4) is 0 Å². The number of aromatic amines is 1. The van der Waals surface area contributed by atoms with E-state index in [2.05, 4.69) is 30.8 Å².